The molecule has 1 aliphatic heterocycles. The average molecular weight is 506 g/mol. The molecule has 1 aromatic heterocycles. The van der Waals surface area contributed by atoms with Crippen LogP contribution < -0.4 is 10.6 Å². The number of allylic oxidation sites excluding steroid dienone is 1. The van der Waals surface area contributed by atoms with Gasteiger partial charge in [-0.2, -0.15) is 0 Å². The molecular weight excluding hydrogens is 474 g/mol. The van der Waals surface area contributed by atoms with Gasteiger partial charge in [0.05, 0.1) is 30.5 Å². The zero-order valence-electron chi connectivity index (χ0n) is 20.9. The summed E-state index contributed by atoms with van der Waals surface area (Å²) in [6.45, 7) is 7.72. The monoisotopic (exact) mass is 505 g/mol. The molecule has 36 heavy (non-hydrogen) atoms. The van der Waals surface area contributed by atoms with E-state index in [9.17, 15) is 9.59 Å². The Morgan fingerprint density at radius 2 is 1.67 bits per heavy atom. The number of nitrogens with one attached hydrogen (secondary N) is 2. The van der Waals surface area contributed by atoms with Gasteiger partial charge in [0.2, 0.25) is 0 Å². The van der Waals surface area contributed by atoms with Crippen LogP contribution in [0.3, 0.4) is 0 Å². The van der Waals surface area contributed by atoms with E-state index in [2.05, 4.69) is 10.6 Å². The van der Waals surface area contributed by atoms with Gasteiger partial charge in [-0.1, -0.05) is 60.7 Å². The number of carbonyl (C=O) groups is 2. The molecule has 0 spiro atoms. The molecule has 0 saturated carbocycles. The number of thiazole rings is 1. The Kier molecular flexibility index (Phi) is 7.74. The number of ether oxygens (including phenoxy) is 2. The number of carbonyl (C=O) groups excluding carboxylic acids is 2. The van der Waals surface area contributed by atoms with Crippen LogP contribution >= 0.6 is 11.3 Å². The van der Waals surface area contributed by atoms with Crippen molar-refractivity contribution in [1.82, 2.24) is 10.3 Å². The Balaban J connectivity index is 1.89. The summed E-state index contributed by atoms with van der Waals surface area (Å²) in [4.78, 5) is 32.0. The van der Waals surface area contributed by atoms with E-state index in [1.54, 1.807) is 13.8 Å². The third kappa shape index (κ3) is 4.60. The standard InChI is InChI=1S/C28H31N3O4S/c1-5-34-25(32)23-18(3)29-19(4)28(26(33)35-6-2,21-15-11-8-12-16-21)24(23)31-27-30-22(17-36-27)20-13-9-7-10-14-20/h7-17,19,24,29H,5-6H2,1-4H3,(H,30,31). The molecule has 8 heteroatoms. The van der Waals surface area contributed by atoms with Gasteiger partial charge in [-0.3, -0.25) is 4.79 Å². The predicted octanol–water partition coefficient (Wildman–Crippen LogP) is 4.92. The molecule has 0 aliphatic carbocycles. The van der Waals surface area contributed by atoms with Crippen molar-refractivity contribution in [2.45, 2.75) is 45.2 Å². The average Bonchev–Trinajstić information content (AvgIpc) is 3.34. The number of benzene rings is 2. The van der Waals surface area contributed by atoms with Gasteiger partial charge in [0.25, 0.3) is 0 Å². The molecule has 0 saturated heterocycles. The second-order valence-electron chi connectivity index (χ2n) is 8.56. The van der Waals surface area contributed by atoms with Crippen LogP contribution in [0.5, 0.6) is 0 Å². The molecular formula is C28H31N3O4S. The first kappa shape index (κ1) is 25.4. The van der Waals surface area contributed by atoms with E-state index in [0.717, 1.165) is 16.8 Å². The van der Waals surface area contributed by atoms with Crippen LogP contribution in [0.2, 0.25) is 0 Å². The van der Waals surface area contributed by atoms with Crippen molar-refractivity contribution < 1.29 is 19.1 Å². The van der Waals surface area contributed by atoms with Crippen molar-refractivity contribution in [3.05, 3.63) is 82.9 Å². The maximum absolute atomic E-state index is 13.9. The quantitative estimate of drug-likeness (QED) is 0.420. The lowest BCUT2D eigenvalue weighted by Gasteiger charge is -2.48. The number of nitrogens with zero attached hydrogens (tertiary/aromatic N) is 1. The van der Waals surface area contributed by atoms with Gasteiger partial charge >= 0.3 is 11.9 Å². The van der Waals surface area contributed by atoms with Crippen LogP contribution in [0, 0.1) is 0 Å². The molecule has 0 amide bonds. The molecule has 0 bridgehead atoms. The van der Waals surface area contributed by atoms with Gasteiger partial charge in [0.1, 0.15) is 5.41 Å². The Bertz CT molecular complexity index is 1240. The minimum absolute atomic E-state index is 0.208. The molecule has 3 unspecified atom stereocenters. The van der Waals surface area contributed by atoms with Crippen molar-refractivity contribution in [3.8, 4) is 11.3 Å². The number of hydrogen-bond acceptors (Lipinski definition) is 8. The molecule has 0 fully saturated rings. The smallest absolute Gasteiger partial charge is 0.337 e. The molecule has 2 N–H and O–H groups in total. The molecule has 3 atom stereocenters. The summed E-state index contributed by atoms with van der Waals surface area (Å²) in [5, 5.41) is 9.37. The first-order valence-corrected chi connectivity index (χ1v) is 13.0. The SMILES string of the molecule is CCOC(=O)C1=C(C)NC(C)C(C(=O)OCC)(c2ccccc2)C1Nc1nc(-c2ccccc2)cs1. The maximum Gasteiger partial charge on any atom is 0.337 e. The Hall–Kier alpha value is -3.65. The van der Waals surface area contributed by atoms with Crippen LogP contribution in [-0.4, -0.2) is 42.2 Å². The highest BCUT2D eigenvalue weighted by Crippen LogP contribution is 2.43. The predicted molar refractivity (Wildman–Crippen MR) is 142 cm³/mol. The Labute approximate surface area is 215 Å². The maximum atomic E-state index is 13.9. The number of esters is 2. The van der Waals surface area contributed by atoms with E-state index >= 15 is 0 Å². The summed E-state index contributed by atoms with van der Waals surface area (Å²) < 4.78 is 11.1. The number of hydrogen-bond donors (Lipinski definition) is 2. The normalized spacial score (nSPS) is 21.4. The summed E-state index contributed by atoms with van der Waals surface area (Å²) in [6, 6.07) is 18.1. The fourth-order valence-corrected chi connectivity index (χ4v) is 5.62. The molecule has 0 radical (unpaired) electrons. The van der Waals surface area contributed by atoms with Gasteiger partial charge in [-0.15, -0.1) is 11.3 Å². The molecule has 4 rings (SSSR count). The van der Waals surface area contributed by atoms with Crippen molar-refractivity contribution in [1.29, 1.82) is 0 Å². The molecule has 3 aromatic rings. The van der Waals surface area contributed by atoms with Crippen molar-refractivity contribution in [2.24, 2.45) is 0 Å². The van der Waals surface area contributed by atoms with Crippen LogP contribution in [0.25, 0.3) is 11.3 Å². The first-order valence-electron chi connectivity index (χ1n) is 12.1. The largest absolute Gasteiger partial charge is 0.465 e. The zero-order valence-corrected chi connectivity index (χ0v) is 21.7. The van der Waals surface area contributed by atoms with Crippen molar-refractivity contribution in [3.63, 3.8) is 0 Å². The Morgan fingerprint density at radius 3 is 2.31 bits per heavy atom. The lowest BCUT2D eigenvalue weighted by atomic mass is 9.64. The zero-order chi connectivity index (χ0) is 25.7. The van der Waals surface area contributed by atoms with Crippen molar-refractivity contribution >= 4 is 28.4 Å². The lowest BCUT2D eigenvalue weighted by molar-refractivity contribution is -0.152. The highest BCUT2D eigenvalue weighted by Gasteiger charge is 2.58. The van der Waals surface area contributed by atoms with E-state index in [1.807, 2.05) is 79.9 Å². The van der Waals surface area contributed by atoms with Crippen LogP contribution in [-0.2, 0) is 24.5 Å². The number of rotatable bonds is 8. The van der Waals surface area contributed by atoms with Gasteiger partial charge in [-0.25, -0.2) is 9.78 Å². The fraction of sp³-hybridized carbons (Fsp3) is 0.321. The summed E-state index contributed by atoms with van der Waals surface area (Å²) in [7, 11) is 0. The molecule has 7 nitrogen and oxygen atoms in total. The third-order valence-corrected chi connectivity index (χ3v) is 7.24. The molecule has 2 aromatic carbocycles. The molecule has 2 heterocycles. The van der Waals surface area contributed by atoms with E-state index in [0.29, 0.717) is 16.4 Å². The van der Waals surface area contributed by atoms with Crippen LogP contribution in [0.4, 0.5) is 5.13 Å². The highest BCUT2D eigenvalue weighted by molar-refractivity contribution is 7.14. The third-order valence-electron chi connectivity index (χ3n) is 6.47. The van der Waals surface area contributed by atoms with E-state index in [-0.39, 0.29) is 13.2 Å². The van der Waals surface area contributed by atoms with Gasteiger partial charge in [0, 0.05) is 22.7 Å². The van der Waals surface area contributed by atoms with E-state index in [4.69, 9.17) is 14.5 Å². The second-order valence-corrected chi connectivity index (χ2v) is 9.42. The van der Waals surface area contributed by atoms with Crippen LogP contribution in [0.1, 0.15) is 33.3 Å². The highest BCUT2D eigenvalue weighted by atomic mass is 32.1. The molecule has 188 valence electrons. The Morgan fingerprint density at radius 1 is 1.03 bits per heavy atom. The summed E-state index contributed by atoms with van der Waals surface area (Å²) >= 11 is 1.42. The fourth-order valence-electron chi connectivity index (χ4n) is 4.87. The lowest BCUT2D eigenvalue weighted by Crippen LogP contribution is -2.66. The number of anilines is 1. The number of aromatic nitrogens is 1. The minimum Gasteiger partial charge on any atom is -0.465 e. The minimum atomic E-state index is -1.27. The first-order chi connectivity index (χ1) is 17.4. The second kappa shape index (κ2) is 11.0. The summed E-state index contributed by atoms with van der Waals surface area (Å²) in [5.74, 6) is -0.917. The van der Waals surface area contributed by atoms with Gasteiger partial charge in [0.15, 0.2) is 5.13 Å². The summed E-state index contributed by atoms with van der Waals surface area (Å²) in [5.41, 5.74) is 2.26. The topological polar surface area (TPSA) is 89.5 Å². The van der Waals surface area contributed by atoms with E-state index in [1.165, 1.54) is 11.3 Å². The van der Waals surface area contributed by atoms with Crippen LogP contribution in [0.15, 0.2) is 77.3 Å². The van der Waals surface area contributed by atoms with Gasteiger partial charge < -0.3 is 20.1 Å². The van der Waals surface area contributed by atoms with Crippen molar-refractivity contribution in [2.75, 3.05) is 18.5 Å². The summed E-state index contributed by atoms with van der Waals surface area (Å²) in [6.07, 6.45) is 0. The van der Waals surface area contributed by atoms with Gasteiger partial charge in [-0.05, 0) is 33.3 Å². The molecule has 1 aliphatic rings. The van der Waals surface area contributed by atoms with E-state index < -0.39 is 29.4 Å².